The van der Waals surface area contributed by atoms with Gasteiger partial charge in [0.1, 0.15) is 0 Å². The molecule has 2 amide bonds. The number of alkyl halides is 3. The maximum atomic E-state index is 13.7. The Morgan fingerprint density at radius 1 is 1.00 bits per heavy atom. The van der Waals surface area contributed by atoms with Crippen molar-refractivity contribution >= 4 is 23.4 Å². The van der Waals surface area contributed by atoms with E-state index in [0.29, 0.717) is 10.2 Å². The number of aryl methyl sites for hydroxylation is 2. The molecule has 0 aliphatic carbocycles. The van der Waals surface area contributed by atoms with E-state index in [1.165, 1.54) is 24.3 Å². The minimum absolute atomic E-state index is 0.0354. The Morgan fingerprint density at radius 3 is 2.27 bits per heavy atom. The maximum absolute atomic E-state index is 13.7. The van der Waals surface area contributed by atoms with Crippen LogP contribution >= 0.6 is 11.6 Å². The number of amides is 2. The molecule has 0 spiro atoms. The smallest absolute Gasteiger partial charge is 0.267 e. The number of carbonyl (C=O) groups excluding carboxylic acids is 2. The van der Waals surface area contributed by atoms with Crippen LogP contribution in [-0.4, -0.2) is 21.6 Å². The van der Waals surface area contributed by atoms with Gasteiger partial charge in [-0.1, -0.05) is 35.4 Å². The first-order chi connectivity index (χ1) is 14.1. The van der Waals surface area contributed by atoms with Crippen molar-refractivity contribution in [3.05, 3.63) is 81.6 Å². The van der Waals surface area contributed by atoms with Gasteiger partial charge in [0.2, 0.25) is 0 Å². The van der Waals surface area contributed by atoms with E-state index in [-0.39, 0.29) is 16.3 Å². The lowest BCUT2D eigenvalue weighted by atomic mass is 10.1. The molecule has 3 rings (SSSR count). The van der Waals surface area contributed by atoms with Crippen LogP contribution in [0.2, 0.25) is 5.02 Å². The number of rotatable bonds is 3. The number of aromatic nitrogens is 2. The average Bonchev–Trinajstić information content (AvgIpc) is 3.11. The Kier molecular flexibility index (Phi) is 5.84. The highest BCUT2D eigenvalue weighted by Gasteiger charge is 2.40. The van der Waals surface area contributed by atoms with E-state index >= 15 is 0 Å². The molecule has 0 atom stereocenters. The van der Waals surface area contributed by atoms with Crippen molar-refractivity contribution in [2.24, 2.45) is 0 Å². The Balaban J connectivity index is 1.86. The van der Waals surface area contributed by atoms with Gasteiger partial charge in [-0.05, 0) is 43.7 Å². The second-order valence-electron chi connectivity index (χ2n) is 6.52. The summed E-state index contributed by atoms with van der Waals surface area (Å²) in [5.74, 6) is -1.81. The zero-order valence-corrected chi connectivity index (χ0v) is 16.6. The molecule has 0 bridgehead atoms. The van der Waals surface area contributed by atoms with Crippen LogP contribution in [-0.2, 0) is 6.18 Å². The fourth-order valence-electron chi connectivity index (χ4n) is 2.91. The molecule has 6 nitrogen and oxygen atoms in total. The second kappa shape index (κ2) is 8.19. The lowest BCUT2D eigenvalue weighted by Gasteiger charge is -2.13. The zero-order chi connectivity index (χ0) is 22.1. The molecule has 0 fully saturated rings. The number of halogens is 4. The second-order valence-corrected chi connectivity index (χ2v) is 6.96. The topological polar surface area (TPSA) is 76.0 Å². The van der Waals surface area contributed by atoms with Crippen molar-refractivity contribution in [3.8, 4) is 5.69 Å². The molecule has 0 saturated heterocycles. The third-order valence-corrected chi connectivity index (χ3v) is 4.49. The summed E-state index contributed by atoms with van der Waals surface area (Å²) in [6.45, 7) is 3.56. The summed E-state index contributed by atoms with van der Waals surface area (Å²) < 4.78 is 41.6. The van der Waals surface area contributed by atoms with E-state index in [2.05, 4.69) is 10.5 Å². The van der Waals surface area contributed by atoms with Crippen molar-refractivity contribution in [1.29, 1.82) is 0 Å². The summed E-state index contributed by atoms with van der Waals surface area (Å²) in [6, 6.07) is 10.7. The van der Waals surface area contributed by atoms with Gasteiger partial charge in [0.05, 0.1) is 17.4 Å². The number of nitrogens with zero attached hydrogens (tertiary/aromatic N) is 2. The van der Waals surface area contributed by atoms with Crippen LogP contribution in [0.5, 0.6) is 0 Å². The highest BCUT2D eigenvalue weighted by molar-refractivity contribution is 6.30. The Hall–Kier alpha value is -3.33. The molecule has 0 unspecified atom stereocenters. The third kappa shape index (κ3) is 4.46. The van der Waals surface area contributed by atoms with Crippen molar-refractivity contribution in [3.63, 3.8) is 0 Å². The van der Waals surface area contributed by atoms with E-state index in [1.54, 1.807) is 25.1 Å². The number of hydrogen-bond donors (Lipinski definition) is 2. The molecule has 0 saturated carbocycles. The van der Waals surface area contributed by atoms with E-state index in [4.69, 9.17) is 11.6 Å². The fourth-order valence-corrected chi connectivity index (χ4v) is 3.09. The van der Waals surface area contributed by atoms with Crippen LogP contribution in [0.1, 0.15) is 37.5 Å². The molecule has 30 heavy (non-hydrogen) atoms. The van der Waals surface area contributed by atoms with E-state index in [1.807, 2.05) is 12.3 Å². The quantitative estimate of drug-likeness (QED) is 0.603. The van der Waals surface area contributed by atoms with Crippen molar-refractivity contribution < 1.29 is 22.8 Å². The molecule has 1 heterocycles. The number of hydrazine groups is 1. The van der Waals surface area contributed by atoms with Gasteiger partial charge < -0.3 is 0 Å². The van der Waals surface area contributed by atoms with Crippen molar-refractivity contribution in [2.75, 3.05) is 0 Å². The molecule has 3 aromatic rings. The van der Waals surface area contributed by atoms with Gasteiger partial charge in [-0.2, -0.15) is 18.3 Å². The molecule has 0 radical (unpaired) electrons. The monoisotopic (exact) mass is 436 g/mol. The van der Waals surface area contributed by atoms with Crippen LogP contribution < -0.4 is 10.9 Å². The summed E-state index contributed by atoms with van der Waals surface area (Å²) in [6.07, 6.45) is -4.11. The average molecular weight is 437 g/mol. The van der Waals surface area contributed by atoms with Crippen LogP contribution in [0.15, 0.2) is 48.7 Å². The third-order valence-electron chi connectivity index (χ3n) is 4.25. The predicted octanol–water partition coefficient (Wildman–Crippen LogP) is 4.24. The summed E-state index contributed by atoms with van der Waals surface area (Å²) in [5, 5.41) is 3.90. The summed E-state index contributed by atoms with van der Waals surface area (Å²) in [7, 11) is 0. The molecule has 10 heteroatoms. The molecule has 0 aliphatic heterocycles. The zero-order valence-electron chi connectivity index (χ0n) is 15.8. The normalized spacial score (nSPS) is 11.3. The first kappa shape index (κ1) is 21.4. The maximum Gasteiger partial charge on any atom is 0.434 e. The molecular formula is C20H16ClF3N4O2. The molecule has 0 aliphatic rings. The summed E-state index contributed by atoms with van der Waals surface area (Å²) in [4.78, 5) is 24.7. The van der Waals surface area contributed by atoms with Crippen LogP contribution in [0.25, 0.3) is 5.69 Å². The Bertz CT molecular complexity index is 1130. The van der Waals surface area contributed by atoms with Gasteiger partial charge in [0, 0.05) is 10.6 Å². The number of benzene rings is 2. The first-order valence-electron chi connectivity index (χ1n) is 8.67. The van der Waals surface area contributed by atoms with Gasteiger partial charge in [-0.25, -0.2) is 4.68 Å². The van der Waals surface area contributed by atoms with Gasteiger partial charge in [-0.3, -0.25) is 20.4 Å². The van der Waals surface area contributed by atoms with Gasteiger partial charge in [0.25, 0.3) is 11.8 Å². The Morgan fingerprint density at radius 2 is 1.67 bits per heavy atom. The SMILES string of the molecule is Cc1ccc(C(=O)NNC(=O)c2cnn(-c3cccc(Cl)c3)c2C(F)(F)F)c(C)c1. The highest BCUT2D eigenvalue weighted by atomic mass is 35.5. The summed E-state index contributed by atoms with van der Waals surface area (Å²) >= 11 is 5.85. The van der Waals surface area contributed by atoms with Crippen molar-refractivity contribution in [2.45, 2.75) is 20.0 Å². The van der Waals surface area contributed by atoms with Crippen LogP contribution in [0.4, 0.5) is 13.2 Å². The van der Waals surface area contributed by atoms with Crippen LogP contribution in [0.3, 0.4) is 0 Å². The number of carbonyl (C=O) groups is 2. The molecule has 1 aromatic heterocycles. The molecule has 156 valence electrons. The van der Waals surface area contributed by atoms with Crippen LogP contribution in [0, 0.1) is 13.8 Å². The predicted molar refractivity (Wildman–Crippen MR) is 104 cm³/mol. The number of hydrogen-bond acceptors (Lipinski definition) is 3. The molecule has 2 aromatic carbocycles. The molecular weight excluding hydrogens is 421 g/mol. The molecule has 2 N–H and O–H groups in total. The van der Waals surface area contributed by atoms with E-state index in [0.717, 1.165) is 11.8 Å². The lowest BCUT2D eigenvalue weighted by Crippen LogP contribution is -2.42. The first-order valence-corrected chi connectivity index (χ1v) is 9.05. The van der Waals surface area contributed by atoms with Gasteiger partial charge in [-0.15, -0.1) is 0 Å². The minimum Gasteiger partial charge on any atom is -0.267 e. The van der Waals surface area contributed by atoms with E-state index < -0.39 is 29.2 Å². The minimum atomic E-state index is -4.89. The fraction of sp³-hybridized carbons (Fsp3) is 0.150. The van der Waals surface area contributed by atoms with E-state index in [9.17, 15) is 22.8 Å². The lowest BCUT2D eigenvalue weighted by molar-refractivity contribution is -0.143. The Labute approximate surface area is 174 Å². The standard InChI is InChI=1S/C20H16ClF3N4O2/c1-11-6-7-15(12(2)8-11)18(29)26-27-19(30)16-10-25-28(17(16)20(22,23)24)14-5-3-4-13(21)9-14/h3-10H,1-2H3,(H,26,29)(H,27,30). The number of nitrogens with one attached hydrogen (secondary N) is 2. The highest BCUT2D eigenvalue weighted by Crippen LogP contribution is 2.34. The largest absolute Gasteiger partial charge is 0.434 e. The summed E-state index contributed by atoms with van der Waals surface area (Å²) in [5.41, 5.74) is 4.02. The van der Waals surface area contributed by atoms with Crippen molar-refractivity contribution in [1.82, 2.24) is 20.6 Å². The van der Waals surface area contributed by atoms with Gasteiger partial charge in [0.15, 0.2) is 5.69 Å². The van der Waals surface area contributed by atoms with Gasteiger partial charge >= 0.3 is 6.18 Å².